The van der Waals surface area contributed by atoms with Crippen LogP contribution < -0.4 is 10.6 Å². The minimum Gasteiger partial charge on any atom is -0.480 e. The van der Waals surface area contributed by atoms with Crippen molar-refractivity contribution in [3.05, 3.63) is 5.82 Å². The number of thioether (sulfide) groups is 1. The van der Waals surface area contributed by atoms with Gasteiger partial charge in [-0.25, -0.2) is 0 Å². The molecule has 1 aromatic rings. The monoisotopic (exact) mass is 257 g/mol. The van der Waals surface area contributed by atoms with Crippen molar-refractivity contribution in [2.75, 3.05) is 24.7 Å². The molecule has 0 saturated carbocycles. The zero-order valence-electron chi connectivity index (χ0n) is 9.91. The van der Waals surface area contributed by atoms with E-state index in [2.05, 4.69) is 15.0 Å². The van der Waals surface area contributed by atoms with E-state index in [1.807, 2.05) is 0 Å². The maximum atomic E-state index is 10.7. The molecule has 0 amide bonds. The summed E-state index contributed by atoms with van der Waals surface area (Å²) < 4.78 is 0. The van der Waals surface area contributed by atoms with Gasteiger partial charge in [0.25, 0.3) is 0 Å². The fourth-order valence-corrected chi connectivity index (χ4v) is 1.63. The van der Waals surface area contributed by atoms with Crippen molar-refractivity contribution < 1.29 is 9.90 Å². The number of anilines is 2. The number of nitrogens with zero attached hydrogens (tertiary/aromatic N) is 4. The van der Waals surface area contributed by atoms with Gasteiger partial charge in [-0.3, -0.25) is 4.79 Å². The van der Waals surface area contributed by atoms with E-state index in [0.717, 1.165) is 0 Å². The van der Waals surface area contributed by atoms with Crippen molar-refractivity contribution in [2.45, 2.75) is 17.9 Å². The molecule has 3 N–H and O–H groups in total. The van der Waals surface area contributed by atoms with Gasteiger partial charge in [0.1, 0.15) is 5.82 Å². The third-order valence-electron chi connectivity index (χ3n) is 1.90. The minimum atomic E-state index is -0.857. The van der Waals surface area contributed by atoms with E-state index in [1.165, 1.54) is 11.8 Å². The molecule has 0 spiro atoms. The summed E-state index contributed by atoms with van der Waals surface area (Å²) in [5.74, 6) is 0.628. The van der Waals surface area contributed by atoms with Crippen LogP contribution in [-0.4, -0.2) is 45.4 Å². The maximum absolute atomic E-state index is 10.7. The van der Waals surface area contributed by atoms with Crippen molar-refractivity contribution in [1.82, 2.24) is 15.0 Å². The van der Waals surface area contributed by atoms with E-state index >= 15 is 0 Å². The average Bonchev–Trinajstić information content (AvgIpc) is 2.24. The topological polar surface area (TPSA) is 105 Å². The molecule has 8 heteroatoms. The van der Waals surface area contributed by atoms with Crippen LogP contribution in [-0.2, 0) is 10.5 Å². The third-order valence-corrected chi connectivity index (χ3v) is 3.02. The number of rotatable bonds is 5. The van der Waals surface area contributed by atoms with Crippen LogP contribution in [0.15, 0.2) is 0 Å². The maximum Gasteiger partial charge on any atom is 0.316 e. The van der Waals surface area contributed by atoms with E-state index in [0.29, 0.717) is 17.5 Å². The molecule has 0 aliphatic carbocycles. The van der Waals surface area contributed by atoms with Gasteiger partial charge in [0, 0.05) is 14.1 Å². The first-order chi connectivity index (χ1) is 7.90. The van der Waals surface area contributed by atoms with E-state index in [4.69, 9.17) is 10.8 Å². The first-order valence-corrected chi connectivity index (χ1v) is 5.97. The number of carboxylic acids is 1. The second-order valence-corrected chi connectivity index (χ2v) is 4.92. The van der Waals surface area contributed by atoms with Crippen molar-refractivity contribution in [2.24, 2.45) is 0 Å². The summed E-state index contributed by atoms with van der Waals surface area (Å²) in [5, 5.41) is 8.25. The quantitative estimate of drug-likeness (QED) is 0.772. The molecule has 1 rings (SSSR count). The van der Waals surface area contributed by atoms with Crippen molar-refractivity contribution in [3.63, 3.8) is 0 Å². The number of aliphatic carboxylic acids is 1. The van der Waals surface area contributed by atoms with Gasteiger partial charge < -0.3 is 15.7 Å². The molecule has 17 heavy (non-hydrogen) atoms. The highest BCUT2D eigenvalue weighted by Crippen LogP contribution is 2.17. The van der Waals surface area contributed by atoms with Crippen LogP contribution in [0.4, 0.5) is 11.9 Å². The van der Waals surface area contributed by atoms with Crippen molar-refractivity contribution in [3.8, 4) is 0 Å². The molecule has 7 nitrogen and oxygen atoms in total. The molecule has 0 radical (unpaired) electrons. The second kappa shape index (κ2) is 5.67. The van der Waals surface area contributed by atoms with Crippen LogP contribution in [0.2, 0.25) is 0 Å². The molecule has 0 bridgehead atoms. The zero-order valence-corrected chi connectivity index (χ0v) is 10.7. The molecule has 0 fully saturated rings. The molecular weight excluding hydrogens is 242 g/mol. The number of hydrogen-bond donors (Lipinski definition) is 2. The van der Waals surface area contributed by atoms with Crippen LogP contribution in [0.1, 0.15) is 12.7 Å². The molecule has 1 unspecified atom stereocenters. The third kappa shape index (κ3) is 4.06. The summed E-state index contributed by atoms with van der Waals surface area (Å²) in [4.78, 5) is 24.5. The van der Waals surface area contributed by atoms with Crippen LogP contribution in [0.25, 0.3) is 0 Å². The van der Waals surface area contributed by atoms with Gasteiger partial charge >= 0.3 is 5.97 Å². The van der Waals surface area contributed by atoms with Gasteiger partial charge in [-0.2, -0.15) is 15.0 Å². The summed E-state index contributed by atoms with van der Waals surface area (Å²) in [5.41, 5.74) is 5.55. The fourth-order valence-electron chi connectivity index (χ4n) is 0.960. The highest BCUT2D eigenvalue weighted by Gasteiger charge is 2.13. The van der Waals surface area contributed by atoms with Crippen LogP contribution in [0.5, 0.6) is 0 Å². The molecule has 1 aromatic heterocycles. The lowest BCUT2D eigenvalue weighted by molar-refractivity contribution is -0.136. The predicted octanol–water partition coefficient (Wildman–Crippen LogP) is 0.226. The van der Waals surface area contributed by atoms with Gasteiger partial charge in [-0.15, -0.1) is 11.8 Å². The van der Waals surface area contributed by atoms with E-state index in [-0.39, 0.29) is 5.95 Å². The van der Waals surface area contributed by atoms with E-state index in [1.54, 1.807) is 25.9 Å². The van der Waals surface area contributed by atoms with Crippen molar-refractivity contribution >= 4 is 29.6 Å². The lowest BCUT2D eigenvalue weighted by Gasteiger charge is -2.11. The van der Waals surface area contributed by atoms with E-state index in [9.17, 15) is 4.79 Å². The van der Waals surface area contributed by atoms with E-state index < -0.39 is 11.2 Å². The largest absolute Gasteiger partial charge is 0.480 e. The zero-order chi connectivity index (χ0) is 13.0. The molecule has 94 valence electrons. The Morgan fingerprint density at radius 3 is 2.65 bits per heavy atom. The Hall–Kier alpha value is -1.57. The summed E-state index contributed by atoms with van der Waals surface area (Å²) in [7, 11) is 3.59. The summed E-state index contributed by atoms with van der Waals surface area (Å²) >= 11 is 1.24. The summed E-state index contributed by atoms with van der Waals surface area (Å²) in [6, 6.07) is 0. The summed E-state index contributed by atoms with van der Waals surface area (Å²) in [6.07, 6.45) is 0. The van der Waals surface area contributed by atoms with Gasteiger partial charge in [0.15, 0.2) is 0 Å². The first-order valence-electron chi connectivity index (χ1n) is 4.92. The molecule has 0 aliphatic rings. The Balaban J connectivity index is 2.74. The average molecular weight is 257 g/mol. The van der Waals surface area contributed by atoms with Gasteiger partial charge in [0.05, 0.1) is 11.0 Å². The molecule has 1 atom stereocenters. The number of hydrogen-bond acceptors (Lipinski definition) is 7. The van der Waals surface area contributed by atoms with Crippen LogP contribution >= 0.6 is 11.8 Å². The number of aromatic nitrogens is 3. The molecule has 0 aliphatic heterocycles. The molecule has 0 aromatic carbocycles. The molecule has 0 saturated heterocycles. The Bertz CT molecular complexity index is 412. The fraction of sp³-hybridized carbons (Fsp3) is 0.556. The highest BCUT2D eigenvalue weighted by molar-refractivity contribution is 7.99. The predicted molar refractivity (Wildman–Crippen MR) is 67.0 cm³/mol. The van der Waals surface area contributed by atoms with Crippen LogP contribution in [0, 0.1) is 0 Å². The first kappa shape index (κ1) is 13.5. The second-order valence-electron chi connectivity index (χ2n) is 3.60. The Morgan fingerprint density at radius 1 is 1.47 bits per heavy atom. The lowest BCUT2D eigenvalue weighted by Crippen LogP contribution is -2.17. The molecule has 1 heterocycles. The standard InChI is InChI=1S/C9H15N5O2S/c1-5(7(15)16)17-4-6-11-8(10)13-9(12-6)14(2)3/h5H,4H2,1-3H3,(H,15,16)(H2,10,11,12,13). The minimum absolute atomic E-state index is 0.141. The Kier molecular flexibility index (Phi) is 4.50. The smallest absolute Gasteiger partial charge is 0.316 e. The SMILES string of the molecule is CC(SCc1nc(N)nc(N(C)C)n1)C(=O)O. The van der Waals surface area contributed by atoms with Crippen molar-refractivity contribution in [1.29, 1.82) is 0 Å². The van der Waals surface area contributed by atoms with Gasteiger partial charge in [-0.05, 0) is 6.92 Å². The highest BCUT2D eigenvalue weighted by atomic mass is 32.2. The van der Waals surface area contributed by atoms with Gasteiger partial charge in [0.2, 0.25) is 11.9 Å². The van der Waals surface area contributed by atoms with Crippen LogP contribution in [0.3, 0.4) is 0 Å². The summed E-state index contributed by atoms with van der Waals surface area (Å²) in [6.45, 7) is 1.62. The van der Waals surface area contributed by atoms with Gasteiger partial charge in [-0.1, -0.05) is 0 Å². The number of carboxylic acid groups (broad SMARTS) is 1. The Labute approximate surface area is 103 Å². The number of carbonyl (C=O) groups is 1. The Morgan fingerprint density at radius 2 is 2.12 bits per heavy atom. The number of nitrogens with two attached hydrogens (primary N) is 1. The number of nitrogen functional groups attached to an aromatic ring is 1. The normalized spacial score (nSPS) is 12.2. The molecular formula is C9H15N5O2S. The lowest BCUT2D eigenvalue weighted by atomic mass is 10.5.